The Hall–Kier alpha value is -2.08. The molecule has 0 spiro atoms. The average Bonchev–Trinajstić information content (AvgIpc) is 2.69. The molecule has 7 heteroatoms. The van der Waals surface area contributed by atoms with Crippen molar-refractivity contribution in [1.82, 2.24) is 10.2 Å². The van der Waals surface area contributed by atoms with Crippen molar-refractivity contribution in [3.05, 3.63) is 34.9 Å². The lowest BCUT2D eigenvalue weighted by Crippen LogP contribution is -2.45. The van der Waals surface area contributed by atoms with Gasteiger partial charge in [-0.3, -0.25) is 14.4 Å². The van der Waals surface area contributed by atoms with Crippen molar-refractivity contribution < 1.29 is 19.1 Å². The predicted octanol–water partition coefficient (Wildman–Crippen LogP) is 3.18. The lowest BCUT2D eigenvalue weighted by Gasteiger charge is -2.35. The Bertz CT molecular complexity index is 648. The monoisotopic (exact) mass is 394 g/mol. The van der Waals surface area contributed by atoms with E-state index in [0.717, 1.165) is 32.2 Å². The number of halogens is 1. The van der Waals surface area contributed by atoms with Crippen LogP contribution in [0.5, 0.6) is 0 Å². The third-order valence-electron chi connectivity index (χ3n) is 4.73. The fourth-order valence-electron chi connectivity index (χ4n) is 3.19. The number of benzene rings is 1. The van der Waals surface area contributed by atoms with E-state index in [1.54, 1.807) is 24.3 Å². The number of nitrogens with zero attached hydrogens (tertiary/aromatic N) is 1. The van der Waals surface area contributed by atoms with E-state index in [1.165, 1.54) is 0 Å². The molecule has 2 amide bonds. The fraction of sp³-hybridized carbons (Fsp3) is 0.550. The summed E-state index contributed by atoms with van der Waals surface area (Å²) in [5, 5.41) is 3.31. The number of nitrogens with one attached hydrogen (secondary N) is 1. The molecule has 6 nitrogen and oxygen atoms in total. The Morgan fingerprint density at radius 2 is 1.96 bits per heavy atom. The minimum Gasteiger partial charge on any atom is -0.456 e. The normalized spacial score (nSPS) is 16.7. The number of hydrogen-bond acceptors (Lipinski definition) is 4. The van der Waals surface area contributed by atoms with E-state index < -0.39 is 5.97 Å². The number of esters is 1. The molecule has 2 rings (SSSR count). The lowest BCUT2D eigenvalue weighted by molar-refractivity contribution is -0.153. The number of likely N-dealkylation sites (tertiary alicyclic amines) is 1. The van der Waals surface area contributed by atoms with Crippen LogP contribution >= 0.6 is 11.6 Å². The number of piperidine rings is 1. The molecule has 1 aromatic rings. The molecule has 1 aromatic carbocycles. The minimum absolute atomic E-state index is 0.119. The largest absolute Gasteiger partial charge is 0.456 e. The molecule has 1 N–H and O–H groups in total. The average molecular weight is 395 g/mol. The summed E-state index contributed by atoms with van der Waals surface area (Å²) in [7, 11) is 0. The first-order chi connectivity index (χ1) is 13.0. The second-order valence-corrected chi connectivity index (χ2v) is 7.11. The molecule has 0 saturated carbocycles. The van der Waals surface area contributed by atoms with Crippen molar-refractivity contribution in [3.8, 4) is 0 Å². The van der Waals surface area contributed by atoms with Gasteiger partial charge in [-0.1, -0.05) is 18.5 Å². The highest BCUT2D eigenvalue weighted by Crippen LogP contribution is 2.19. The lowest BCUT2D eigenvalue weighted by atomic mass is 10.00. The standard InChI is InChI=1S/C20H27ClN2O4/c1-2-17-6-3-4-13-23(17)18(24)14-27-19(25)7-5-12-22-20(26)15-8-10-16(21)11-9-15/h8-11,17H,2-7,12-14H2,1H3,(H,22,26). The van der Waals surface area contributed by atoms with Gasteiger partial charge in [0.25, 0.3) is 11.8 Å². The number of hydrogen-bond donors (Lipinski definition) is 1. The highest BCUT2D eigenvalue weighted by Gasteiger charge is 2.25. The summed E-state index contributed by atoms with van der Waals surface area (Å²) in [4.78, 5) is 37.8. The van der Waals surface area contributed by atoms with Crippen LogP contribution in [0, 0.1) is 0 Å². The van der Waals surface area contributed by atoms with E-state index in [1.807, 2.05) is 4.90 Å². The molecule has 0 aromatic heterocycles. The molecule has 1 aliphatic heterocycles. The van der Waals surface area contributed by atoms with Gasteiger partial charge in [-0.15, -0.1) is 0 Å². The van der Waals surface area contributed by atoms with Gasteiger partial charge in [0.1, 0.15) is 0 Å². The maximum Gasteiger partial charge on any atom is 0.306 e. The van der Waals surface area contributed by atoms with Crippen molar-refractivity contribution in [2.24, 2.45) is 0 Å². The number of amides is 2. The van der Waals surface area contributed by atoms with Crippen LogP contribution in [-0.4, -0.2) is 48.4 Å². The molecule has 0 radical (unpaired) electrons. The number of carbonyl (C=O) groups is 3. The molecular formula is C20H27ClN2O4. The summed E-state index contributed by atoms with van der Waals surface area (Å²) in [5.74, 6) is -0.758. The topological polar surface area (TPSA) is 75.7 Å². The van der Waals surface area contributed by atoms with Gasteiger partial charge >= 0.3 is 5.97 Å². The third kappa shape index (κ3) is 6.86. The number of rotatable bonds is 8. The van der Waals surface area contributed by atoms with Crippen molar-refractivity contribution >= 4 is 29.4 Å². The minimum atomic E-state index is -0.422. The maximum absolute atomic E-state index is 12.3. The molecular weight excluding hydrogens is 368 g/mol. The van der Waals surface area contributed by atoms with E-state index >= 15 is 0 Å². The van der Waals surface area contributed by atoms with Crippen molar-refractivity contribution in [1.29, 1.82) is 0 Å². The highest BCUT2D eigenvalue weighted by atomic mass is 35.5. The second-order valence-electron chi connectivity index (χ2n) is 6.67. The van der Waals surface area contributed by atoms with Crippen LogP contribution in [-0.2, 0) is 14.3 Å². The first-order valence-corrected chi connectivity index (χ1v) is 9.88. The van der Waals surface area contributed by atoms with Crippen LogP contribution in [0.4, 0.5) is 0 Å². The van der Waals surface area contributed by atoms with E-state index in [9.17, 15) is 14.4 Å². The number of carbonyl (C=O) groups excluding carboxylic acids is 3. The van der Waals surface area contributed by atoms with Crippen LogP contribution in [0.15, 0.2) is 24.3 Å². The SMILES string of the molecule is CCC1CCCCN1C(=O)COC(=O)CCCNC(=O)c1ccc(Cl)cc1. The molecule has 1 unspecified atom stereocenters. The molecule has 1 heterocycles. The Kier molecular flexibility index (Phi) is 8.58. The van der Waals surface area contributed by atoms with Gasteiger partial charge < -0.3 is 15.0 Å². The summed E-state index contributed by atoms with van der Waals surface area (Å²) < 4.78 is 5.10. The van der Waals surface area contributed by atoms with Crippen molar-refractivity contribution in [2.75, 3.05) is 19.7 Å². The highest BCUT2D eigenvalue weighted by molar-refractivity contribution is 6.30. The molecule has 1 saturated heterocycles. The number of ether oxygens (including phenoxy) is 1. The molecule has 27 heavy (non-hydrogen) atoms. The molecule has 0 aliphatic carbocycles. The van der Waals surface area contributed by atoms with Gasteiger partial charge in [-0.2, -0.15) is 0 Å². The predicted molar refractivity (Wildman–Crippen MR) is 104 cm³/mol. The van der Waals surface area contributed by atoms with E-state index in [2.05, 4.69) is 12.2 Å². The van der Waals surface area contributed by atoms with Gasteiger partial charge in [-0.05, 0) is 56.4 Å². The van der Waals surface area contributed by atoms with Gasteiger partial charge in [0, 0.05) is 36.1 Å². The fourth-order valence-corrected chi connectivity index (χ4v) is 3.31. The first kappa shape index (κ1) is 21.2. The summed E-state index contributed by atoms with van der Waals surface area (Å²) in [6.45, 7) is 2.97. The quantitative estimate of drug-likeness (QED) is 0.542. The van der Waals surface area contributed by atoms with Crippen LogP contribution in [0.2, 0.25) is 5.02 Å². The maximum atomic E-state index is 12.3. The third-order valence-corrected chi connectivity index (χ3v) is 4.98. The van der Waals surface area contributed by atoms with E-state index in [4.69, 9.17) is 16.3 Å². The zero-order valence-electron chi connectivity index (χ0n) is 15.7. The smallest absolute Gasteiger partial charge is 0.306 e. The van der Waals surface area contributed by atoms with E-state index in [-0.39, 0.29) is 30.9 Å². The van der Waals surface area contributed by atoms with Crippen LogP contribution in [0.25, 0.3) is 0 Å². The van der Waals surface area contributed by atoms with Crippen LogP contribution in [0.3, 0.4) is 0 Å². The Morgan fingerprint density at radius 1 is 1.22 bits per heavy atom. The summed E-state index contributed by atoms with van der Waals surface area (Å²) in [6, 6.07) is 6.84. The molecule has 1 aliphatic rings. The Labute approximate surface area is 165 Å². The molecule has 0 bridgehead atoms. The summed E-state index contributed by atoms with van der Waals surface area (Å²) in [5.41, 5.74) is 0.514. The molecule has 1 atom stereocenters. The zero-order valence-corrected chi connectivity index (χ0v) is 16.5. The Morgan fingerprint density at radius 3 is 2.67 bits per heavy atom. The van der Waals surface area contributed by atoms with Gasteiger partial charge in [0.15, 0.2) is 6.61 Å². The second kappa shape index (κ2) is 10.9. The Balaban J connectivity index is 1.62. The van der Waals surface area contributed by atoms with E-state index in [0.29, 0.717) is 23.6 Å². The van der Waals surface area contributed by atoms with Gasteiger partial charge in [0.2, 0.25) is 0 Å². The van der Waals surface area contributed by atoms with Gasteiger partial charge in [0.05, 0.1) is 0 Å². The van der Waals surface area contributed by atoms with Crippen LogP contribution in [0.1, 0.15) is 55.8 Å². The first-order valence-electron chi connectivity index (χ1n) is 9.50. The van der Waals surface area contributed by atoms with Crippen LogP contribution < -0.4 is 5.32 Å². The summed E-state index contributed by atoms with van der Waals surface area (Å²) in [6.07, 6.45) is 4.70. The zero-order chi connectivity index (χ0) is 19.6. The molecule has 1 fully saturated rings. The van der Waals surface area contributed by atoms with Gasteiger partial charge in [-0.25, -0.2) is 0 Å². The van der Waals surface area contributed by atoms with Crippen molar-refractivity contribution in [2.45, 2.75) is 51.5 Å². The van der Waals surface area contributed by atoms with Crippen molar-refractivity contribution in [3.63, 3.8) is 0 Å². The summed E-state index contributed by atoms with van der Waals surface area (Å²) >= 11 is 5.79. The molecule has 148 valence electrons.